The summed E-state index contributed by atoms with van der Waals surface area (Å²) in [5.74, 6) is -1.68. The molecule has 0 radical (unpaired) electrons. The Balaban J connectivity index is 2.45. The standard InChI is InChI=1S/C18H27N3O5S/c1-4-7-15(18(23)24)19-17(22)14-12-13(27(25,26)20(2)3)8-9-16(14)21-10-5-6-11-21/h8-9,12,15H,4-7,10-11H2,1-3H3,(H,19,22)(H,23,24). The van der Waals surface area contributed by atoms with Crippen molar-refractivity contribution in [1.29, 1.82) is 0 Å². The van der Waals surface area contributed by atoms with Gasteiger partial charge in [0.2, 0.25) is 10.0 Å². The number of aliphatic carboxylic acids is 1. The Bertz CT molecular complexity index is 801. The first kappa shape index (κ1) is 21.2. The number of benzene rings is 1. The van der Waals surface area contributed by atoms with Gasteiger partial charge in [-0.05, 0) is 37.5 Å². The van der Waals surface area contributed by atoms with Crippen LogP contribution in [0.3, 0.4) is 0 Å². The van der Waals surface area contributed by atoms with Crippen molar-refractivity contribution in [2.45, 2.75) is 43.5 Å². The predicted octanol–water partition coefficient (Wildman–Crippen LogP) is 1.52. The van der Waals surface area contributed by atoms with E-state index < -0.39 is 27.9 Å². The molecular weight excluding hydrogens is 370 g/mol. The first-order valence-electron chi connectivity index (χ1n) is 9.03. The van der Waals surface area contributed by atoms with Gasteiger partial charge in [-0.3, -0.25) is 4.79 Å². The van der Waals surface area contributed by atoms with Crippen LogP contribution in [0, 0.1) is 0 Å². The number of nitrogens with zero attached hydrogens (tertiary/aromatic N) is 2. The van der Waals surface area contributed by atoms with E-state index >= 15 is 0 Å². The average Bonchev–Trinajstić information content (AvgIpc) is 3.14. The van der Waals surface area contributed by atoms with E-state index in [-0.39, 0.29) is 10.5 Å². The van der Waals surface area contributed by atoms with E-state index in [1.54, 1.807) is 6.07 Å². The van der Waals surface area contributed by atoms with E-state index in [0.717, 1.165) is 30.2 Å². The summed E-state index contributed by atoms with van der Waals surface area (Å²) in [7, 11) is -0.866. The van der Waals surface area contributed by atoms with E-state index in [1.807, 2.05) is 11.8 Å². The lowest BCUT2D eigenvalue weighted by atomic mass is 10.1. The topological polar surface area (TPSA) is 107 Å². The Hall–Kier alpha value is -2.13. The van der Waals surface area contributed by atoms with E-state index in [1.165, 1.54) is 26.2 Å². The maximum absolute atomic E-state index is 12.9. The highest BCUT2D eigenvalue weighted by molar-refractivity contribution is 7.89. The van der Waals surface area contributed by atoms with Gasteiger partial charge in [-0.1, -0.05) is 13.3 Å². The highest BCUT2D eigenvalue weighted by atomic mass is 32.2. The number of nitrogens with one attached hydrogen (secondary N) is 1. The van der Waals surface area contributed by atoms with Crippen molar-refractivity contribution in [3.05, 3.63) is 23.8 Å². The maximum Gasteiger partial charge on any atom is 0.326 e. The Kier molecular flexibility index (Phi) is 6.83. The molecule has 27 heavy (non-hydrogen) atoms. The van der Waals surface area contributed by atoms with Gasteiger partial charge in [0.25, 0.3) is 5.91 Å². The first-order chi connectivity index (χ1) is 12.7. The van der Waals surface area contributed by atoms with Crippen LogP contribution in [0.15, 0.2) is 23.1 Å². The van der Waals surface area contributed by atoms with Gasteiger partial charge in [0.15, 0.2) is 0 Å². The maximum atomic E-state index is 12.9. The van der Waals surface area contributed by atoms with Crippen LogP contribution in [0.1, 0.15) is 43.0 Å². The highest BCUT2D eigenvalue weighted by Gasteiger charge is 2.27. The number of anilines is 1. The number of sulfonamides is 1. The number of carbonyl (C=O) groups is 2. The van der Waals surface area contributed by atoms with Gasteiger partial charge < -0.3 is 15.3 Å². The van der Waals surface area contributed by atoms with E-state index in [4.69, 9.17) is 0 Å². The number of hydrogen-bond acceptors (Lipinski definition) is 5. The molecular formula is C18H27N3O5S. The van der Waals surface area contributed by atoms with Crippen molar-refractivity contribution in [3.63, 3.8) is 0 Å². The fourth-order valence-corrected chi connectivity index (χ4v) is 4.01. The summed E-state index contributed by atoms with van der Waals surface area (Å²) in [4.78, 5) is 26.3. The van der Waals surface area contributed by atoms with Crippen molar-refractivity contribution >= 4 is 27.6 Å². The zero-order valence-corrected chi connectivity index (χ0v) is 16.8. The lowest BCUT2D eigenvalue weighted by Crippen LogP contribution is -2.41. The van der Waals surface area contributed by atoms with Gasteiger partial charge in [0, 0.05) is 32.9 Å². The number of carboxylic acids is 1. The molecule has 1 saturated heterocycles. The molecule has 1 heterocycles. The molecule has 0 spiro atoms. The van der Waals surface area contributed by atoms with Crippen LogP contribution in [0.4, 0.5) is 5.69 Å². The molecule has 0 bridgehead atoms. The van der Waals surface area contributed by atoms with Crippen molar-refractivity contribution in [1.82, 2.24) is 9.62 Å². The van der Waals surface area contributed by atoms with Crippen molar-refractivity contribution in [2.75, 3.05) is 32.1 Å². The second-order valence-electron chi connectivity index (χ2n) is 6.81. The molecule has 0 aliphatic carbocycles. The third-order valence-corrected chi connectivity index (χ3v) is 6.43. The fraction of sp³-hybridized carbons (Fsp3) is 0.556. The minimum Gasteiger partial charge on any atom is -0.480 e. The smallest absolute Gasteiger partial charge is 0.326 e. The molecule has 1 aliphatic rings. The van der Waals surface area contributed by atoms with Crippen LogP contribution in [0.2, 0.25) is 0 Å². The van der Waals surface area contributed by atoms with Gasteiger partial charge in [-0.2, -0.15) is 0 Å². The Morgan fingerprint density at radius 2 is 1.89 bits per heavy atom. The Labute approximate surface area is 160 Å². The lowest BCUT2D eigenvalue weighted by molar-refractivity contribution is -0.139. The Morgan fingerprint density at radius 1 is 1.26 bits per heavy atom. The largest absolute Gasteiger partial charge is 0.480 e. The van der Waals surface area contributed by atoms with E-state index in [9.17, 15) is 23.1 Å². The summed E-state index contributed by atoms with van der Waals surface area (Å²) in [6, 6.07) is 3.44. The second kappa shape index (κ2) is 8.71. The van der Waals surface area contributed by atoms with Gasteiger partial charge >= 0.3 is 5.97 Å². The molecule has 8 nitrogen and oxygen atoms in total. The van der Waals surface area contributed by atoms with Crippen LogP contribution in [0.25, 0.3) is 0 Å². The number of carboxylic acid groups (broad SMARTS) is 1. The van der Waals surface area contributed by atoms with Crippen molar-refractivity contribution < 1.29 is 23.1 Å². The molecule has 1 aromatic carbocycles. The fourth-order valence-electron chi connectivity index (χ4n) is 3.08. The molecule has 1 aromatic rings. The number of rotatable bonds is 8. The molecule has 150 valence electrons. The van der Waals surface area contributed by atoms with E-state index in [0.29, 0.717) is 18.5 Å². The van der Waals surface area contributed by atoms with Crippen LogP contribution >= 0.6 is 0 Å². The second-order valence-corrected chi connectivity index (χ2v) is 8.97. The summed E-state index contributed by atoms with van der Waals surface area (Å²) < 4.78 is 26.0. The van der Waals surface area contributed by atoms with Crippen LogP contribution < -0.4 is 10.2 Å². The SMILES string of the molecule is CCCC(NC(=O)c1cc(S(=O)(=O)N(C)C)ccc1N1CCCC1)C(=O)O. The zero-order valence-electron chi connectivity index (χ0n) is 15.9. The third-order valence-electron chi connectivity index (χ3n) is 4.62. The summed E-state index contributed by atoms with van der Waals surface area (Å²) in [6.07, 6.45) is 2.89. The minimum absolute atomic E-state index is 0.00274. The molecule has 9 heteroatoms. The quantitative estimate of drug-likeness (QED) is 0.689. The average molecular weight is 397 g/mol. The van der Waals surface area contributed by atoms with Gasteiger partial charge in [-0.15, -0.1) is 0 Å². The third kappa shape index (κ3) is 4.78. The van der Waals surface area contributed by atoms with Crippen LogP contribution in [0.5, 0.6) is 0 Å². The van der Waals surface area contributed by atoms with Gasteiger partial charge in [0.05, 0.1) is 10.5 Å². The molecule has 1 amide bonds. The normalized spacial score (nSPS) is 15.8. The molecule has 0 saturated carbocycles. The van der Waals surface area contributed by atoms with Crippen molar-refractivity contribution in [2.24, 2.45) is 0 Å². The monoisotopic (exact) mass is 397 g/mol. The predicted molar refractivity (Wildman–Crippen MR) is 103 cm³/mol. The molecule has 2 rings (SSSR count). The molecule has 1 aliphatic heterocycles. The number of carbonyl (C=O) groups excluding carboxylic acids is 1. The highest BCUT2D eigenvalue weighted by Crippen LogP contribution is 2.28. The number of amides is 1. The zero-order chi connectivity index (χ0) is 20.2. The van der Waals surface area contributed by atoms with Gasteiger partial charge in [0.1, 0.15) is 6.04 Å². The summed E-state index contributed by atoms with van der Waals surface area (Å²) in [5, 5.41) is 11.8. The summed E-state index contributed by atoms with van der Waals surface area (Å²) >= 11 is 0. The lowest BCUT2D eigenvalue weighted by Gasteiger charge is -2.23. The van der Waals surface area contributed by atoms with Crippen molar-refractivity contribution in [3.8, 4) is 0 Å². The summed E-state index contributed by atoms with van der Waals surface area (Å²) in [6.45, 7) is 3.39. The molecule has 1 atom stereocenters. The molecule has 2 N–H and O–H groups in total. The summed E-state index contributed by atoms with van der Waals surface area (Å²) in [5.41, 5.74) is 0.811. The van der Waals surface area contributed by atoms with Crippen LogP contribution in [-0.2, 0) is 14.8 Å². The Morgan fingerprint density at radius 3 is 2.41 bits per heavy atom. The van der Waals surface area contributed by atoms with Crippen LogP contribution in [-0.4, -0.2) is 62.9 Å². The minimum atomic E-state index is -3.71. The first-order valence-corrected chi connectivity index (χ1v) is 10.5. The molecule has 1 fully saturated rings. The molecule has 0 aromatic heterocycles. The molecule has 1 unspecified atom stereocenters. The van der Waals surface area contributed by atoms with Gasteiger partial charge in [-0.25, -0.2) is 17.5 Å². The van der Waals surface area contributed by atoms with E-state index in [2.05, 4.69) is 5.32 Å². The number of hydrogen-bond donors (Lipinski definition) is 2.